The second-order valence-corrected chi connectivity index (χ2v) is 9.45. The number of alkyl halides is 2. The van der Waals surface area contributed by atoms with Crippen molar-refractivity contribution in [1.29, 1.82) is 0 Å². The molecule has 2 aromatic carbocycles. The van der Waals surface area contributed by atoms with Crippen LogP contribution in [0.2, 0.25) is 0 Å². The molecule has 37 heavy (non-hydrogen) atoms. The molecule has 0 radical (unpaired) electrons. The molecule has 0 bridgehead atoms. The Balaban J connectivity index is 1.78. The summed E-state index contributed by atoms with van der Waals surface area (Å²) in [5, 5.41) is 3.92. The van der Waals surface area contributed by atoms with Gasteiger partial charge in [-0.3, -0.25) is 14.6 Å². The van der Waals surface area contributed by atoms with E-state index in [0.717, 1.165) is 6.07 Å². The molecule has 1 fully saturated rings. The Morgan fingerprint density at radius 1 is 1.11 bits per heavy atom. The number of anilines is 1. The lowest BCUT2D eigenvalue weighted by Gasteiger charge is -2.41. The Morgan fingerprint density at radius 2 is 1.78 bits per heavy atom. The lowest BCUT2D eigenvalue weighted by molar-refractivity contribution is -0.135. The average molecular weight is 514 g/mol. The number of Topliss-reactive ketones (excluding diaryl/α,β-unsaturated/α-hetero) is 1. The van der Waals surface area contributed by atoms with Gasteiger partial charge >= 0.3 is 0 Å². The van der Waals surface area contributed by atoms with E-state index in [-0.39, 0.29) is 17.3 Å². The van der Waals surface area contributed by atoms with Crippen molar-refractivity contribution in [1.82, 2.24) is 9.88 Å². The van der Waals surface area contributed by atoms with Gasteiger partial charge in [0.1, 0.15) is 5.82 Å². The molecule has 1 aliphatic rings. The number of amides is 1. The van der Waals surface area contributed by atoms with Gasteiger partial charge in [0.05, 0.1) is 22.7 Å². The molecule has 6 nitrogen and oxygen atoms in total. The highest BCUT2D eigenvalue weighted by Gasteiger charge is 2.39. The zero-order valence-corrected chi connectivity index (χ0v) is 21.3. The maximum absolute atomic E-state index is 14.8. The number of nitrogens with zero attached hydrogens (tertiary/aromatic N) is 2. The minimum Gasteiger partial charge on any atom is -0.378 e. The van der Waals surface area contributed by atoms with Crippen LogP contribution >= 0.6 is 0 Å². The van der Waals surface area contributed by atoms with Crippen LogP contribution in [-0.2, 0) is 15.1 Å². The van der Waals surface area contributed by atoms with Crippen LogP contribution in [0.3, 0.4) is 0 Å². The van der Waals surface area contributed by atoms with Crippen LogP contribution in [0.5, 0.6) is 0 Å². The third kappa shape index (κ3) is 5.05. The summed E-state index contributed by atoms with van der Waals surface area (Å²) in [5.74, 6) is -1.09. The minimum atomic E-state index is -2.92. The summed E-state index contributed by atoms with van der Waals surface area (Å²) in [7, 11) is 1.60. The van der Waals surface area contributed by atoms with Crippen molar-refractivity contribution in [2.45, 2.75) is 51.7 Å². The summed E-state index contributed by atoms with van der Waals surface area (Å²) in [5.41, 5.74) is 1.05. The quantitative estimate of drug-likeness (QED) is 0.383. The van der Waals surface area contributed by atoms with Crippen molar-refractivity contribution in [3.63, 3.8) is 0 Å². The van der Waals surface area contributed by atoms with Gasteiger partial charge in [0.2, 0.25) is 5.91 Å². The van der Waals surface area contributed by atoms with E-state index in [2.05, 4.69) is 10.3 Å². The maximum atomic E-state index is 14.8. The van der Waals surface area contributed by atoms with Gasteiger partial charge < -0.3 is 15.0 Å². The number of hydrogen-bond acceptors (Lipinski definition) is 5. The first-order valence-electron chi connectivity index (χ1n) is 12.2. The number of ketones is 1. The Bertz CT molecular complexity index is 1340. The number of carbonyl (C=O) groups excluding carboxylic acids is 2. The second-order valence-electron chi connectivity index (χ2n) is 9.45. The molecule has 1 aromatic heterocycles. The van der Waals surface area contributed by atoms with Crippen LogP contribution in [0.4, 0.5) is 18.9 Å². The van der Waals surface area contributed by atoms with E-state index < -0.39 is 29.4 Å². The topological polar surface area (TPSA) is 71.5 Å². The molecule has 0 spiro atoms. The summed E-state index contributed by atoms with van der Waals surface area (Å²) < 4.78 is 47.3. The Hall–Kier alpha value is -3.46. The zero-order valence-electron chi connectivity index (χ0n) is 21.3. The van der Waals surface area contributed by atoms with E-state index in [1.54, 1.807) is 37.3 Å². The van der Waals surface area contributed by atoms with Crippen LogP contribution in [0.25, 0.3) is 10.9 Å². The van der Waals surface area contributed by atoms with Crippen molar-refractivity contribution in [3.05, 3.63) is 70.7 Å². The second kappa shape index (κ2) is 10.5. The van der Waals surface area contributed by atoms with Crippen molar-refractivity contribution >= 4 is 28.3 Å². The molecule has 1 N–H and O–H groups in total. The fourth-order valence-corrected chi connectivity index (χ4v) is 5.14. The highest BCUT2D eigenvalue weighted by Crippen LogP contribution is 2.41. The molecule has 1 saturated heterocycles. The molecule has 1 aliphatic heterocycles. The first-order chi connectivity index (χ1) is 17.6. The summed E-state index contributed by atoms with van der Waals surface area (Å²) in [6, 6.07) is 8.65. The fraction of sp³-hybridized carbons (Fsp3) is 0.393. The third-order valence-corrected chi connectivity index (χ3v) is 7.29. The number of methoxy groups -OCH3 is 1. The highest BCUT2D eigenvalue weighted by molar-refractivity contribution is 6.02. The fourth-order valence-electron chi connectivity index (χ4n) is 5.14. The van der Waals surface area contributed by atoms with Crippen molar-refractivity contribution in [2.75, 3.05) is 25.5 Å². The minimum absolute atomic E-state index is 0.0113. The lowest BCUT2D eigenvalue weighted by Crippen LogP contribution is -2.46. The van der Waals surface area contributed by atoms with E-state index >= 15 is 0 Å². The summed E-state index contributed by atoms with van der Waals surface area (Å²) in [4.78, 5) is 30.8. The van der Waals surface area contributed by atoms with Gasteiger partial charge in [-0.15, -0.1) is 0 Å². The molecule has 0 saturated carbocycles. The molecule has 3 aromatic rings. The number of halogens is 3. The van der Waals surface area contributed by atoms with Gasteiger partial charge in [-0.1, -0.05) is 18.2 Å². The van der Waals surface area contributed by atoms with E-state index in [9.17, 15) is 22.8 Å². The number of hydrogen-bond donors (Lipinski definition) is 1. The molecule has 1 unspecified atom stereocenters. The zero-order chi connectivity index (χ0) is 26.9. The Kier molecular flexibility index (Phi) is 7.54. The number of fused-ring (bicyclic) bond motifs is 1. The normalized spacial score (nSPS) is 16.2. The number of rotatable bonds is 7. The van der Waals surface area contributed by atoms with E-state index in [4.69, 9.17) is 4.74 Å². The number of aromatic nitrogens is 1. The number of nitrogens with one attached hydrogen (secondary N) is 1. The lowest BCUT2D eigenvalue weighted by atomic mass is 9.80. The number of ether oxygens (including phenoxy) is 1. The van der Waals surface area contributed by atoms with Gasteiger partial charge in [-0.2, -0.15) is 0 Å². The van der Waals surface area contributed by atoms with Gasteiger partial charge in [-0.25, -0.2) is 13.2 Å². The SMILES string of the molecule is COC1(c2cc3c(NC(C)c4cccc(C(F)F)c4F)ccnc3cc2C(C)=O)CCN(C(C)=O)CC1. The van der Waals surface area contributed by atoms with Gasteiger partial charge in [0, 0.05) is 55.5 Å². The van der Waals surface area contributed by atoms with Crippen molar-refractivity contribution in [3.8, 4) is 0 Å². The van der Waals surface area contributed by atoms with Crippen LogP contribution in [-0.4, -0.2) is 41.8 Å². The van der Waals surface area contributed by atoms with Gasteiger partial charge in [0.15, 0.2) is 5.78 Å². The van der Waals surface area contributed by atoms with Crippen molar-refractivity contribution < 1.29 is 27.5 Å². The largest absolute Gasteiger partial charge is 0.378 e. The van der Waals surface area contributed by atoms with E-state index in [1.165, 1.54) is 26.0 Å². The molecule has 196 valence electrons. The van der Waals surface area contributed by atoms with E-state index in [0.29, 0.717) is 53.6 Å². The van der Waals surface area contributed by atoms with Crippen LogP contribution in [0.15, 0.2) is 42.6 Å². The number of likely N-dealkylation sites (tertiary alicyclic amines) is 1. The Labute approximate surface area is 213 Å². The number of benzene rings is 2. The molecule has 2 heterocycles. The summed E-state index contributed by atoms with van der Waals surface area (Å²) >= 11 is 0. The molecular formula is C28H30F3N3O3. The van der Waals surface area contributed by atoms with E-state index in [1.807, 2.05) is 6.07 Å². The van der Waals surface area contributed by atoms with Crippen LogP contribution in [0.1, 0.15) is 73.1 Å². The Morgan fingerprint density at radius 3 is 2.38 bits per heavy atom. The van der Waals surface area contributed by atoms with Gasteiger partial charge in [-0.05, 0) is 50.5 Å². The molecule has 4 rings (SSSR count). The smallest absolute Gasteiger partial charge is 0.266 e. The standard InChI is InChI=1S/C28H30F3N3O3/c1-16(19-6-5-7-20(26(19)29)27(30)31)33-24-8-11-32-25-15-21(17(2)35)23(14-22(24)25)28(37-4)9-12-34(13-10-28)18(3)36/h5-8,11,14-16,27H,9-10,12-13H2,1-4H3,(H,32,33). The average Bonchev–Trinajstić information content (AvgIpc) is 2.88. The monoisotopic (exact) mass is 513 g/mol. The molecule has 9 heteroatoms. The maximum Gasteiger partial charge on any atom is 0.266 e. The molecule has 1 amide bonds. The summed E-state index contributed by atoms with van der Waals surface area (Å²) in [6.45, 7) is 5.70. The highest BCUT2D eigenvalue weighted by atomic mass is 19.3. The van der Waals surface area contributed by atoms with Crippen molar-refractivity contribution in [2.24, 2.45) is 0 Å². The van der Waals surface area contributed by atoms with Crippen LogP contribution < -0.4 is 5.32 Å². The van der Waals surface area contributed by atoms with Crippen LogP contribution in [0, 0.1) is 5.82 Å². The predicted molar refractivity (Wildman–Crippen MR) is 135 cm³/mol. The van der Waals surface area contributed by atoms with Gasteiger partial charge in [0.25, 0.3) is 6.43 Å². The molecule has 0 aliphatic carbocycles. The molecular weight excluding hydrogens is 483 g/mol. The molecule has 1 atom stereocenters. The number of piperidine rings is 1. The third-order valence-electron chi connectivity index (χ3n) is 7.29. The summed E-state index contributed by atoms with van der Waals surface area (Å²) in [6.07, 6.45) is -0.314. The first-order valence-corrected chi connectivity index (χ1v) is 12.2. The first kappa shape index (κ1) is 26.6. The number of carbonyl (C=O) groups is 2. The number of pyridine rings is 1. The predicted octanol–water partition coefficient (Wildman–Crippen LogP) is 6.17.